The van der Waals surface area contributed by atoms with E-state index < -0.39 is 51.0 Å². The van der Waals surface area contributed by atoms with E-state index in [0.717, 1.165) is 30.3 Å². The van der Waals surface area contributed by atoms with Crippen LogP contribution in [0, 0.1) is 0 Å². The topological polar surface area (TPSA) is 188 Å². The minimum Gasteiger partial charge on any atom is -0.387 e. The number of carbonyl (C=O) groups is 1. The Balaban J connectivity index is 1.78. The number of ether oxygens (including phenoxy) is 2. The van der Waals surface area contributed by atoms with Crippen molar-refractivity contribution in [2.45, 2.75) is 95.5 Å². The monoisotopic (exact) mass is 568 g/mol. The summed E-state index contributed by atoms with van der Waals surface area (Å²) in [5.41, 5.74) is 5.11. The van der Waals surface area contributed by atoms with Crippen LogP contribution in [-0.4, -0.2) is 91.5 Å². The van der Waals surface area contributed by atoms with Crippen LogP contribution in [0.4, 0.5) is 0 Å². The number of phosphoric acid groups is 1. The lowest BCUT2D eigenvalue weighted by Gasteiger charge is -2.23. The molecule has 5 N–H and O–H groups in total. The van der Waals surface area contributed by atoms with E-state index >= 15 is 0 Å². The highest BCUT2D eigenvalue weighted by Gasteiger charge is 2.45. The molecule has 2 heterocycles. The number of phosphoric ester groups is 1. The molecule has 0 saturated carbocycles. The highest BCUT2D eigenvalue weighted by atomic mass is 32.2. The number of hydrogen-bond donors (Lipinski definition) is 4. The molecule has 1 aromatic rings. The maximum Gasteiger partial charge on any atom is 0.472 e. The fraction of sp³-hybridized carbons (Fsp3) is 0.864. The molecule has 0 spiro atoms. The van der Waals surface area contributed by atoms with E-state index in [2.05, 4.69) is 17.0 Å². The van der Waals surface area contributed by atoms with E-state index in [1.165, 1.54) is 37.4 Å². The third-order valence-corrected chi connectivity index (χ3v) is 7.55. The van der Waals surface area contributed by atoms with E-state index in [4.69, 9.17) is 24.3 Å². The van der Waals surface area contributed by atoms with Gasteiger partial charge in [-0.25, -0.2) is 14.2 Å². The largest absolute Gasteiger partial charge is 0.472 e. The summed E-state index contributed by atoms with van der Waals surface area (Å²) in [7, 11) is -4.51. The molecule has 2 rings (SSSR count). The molecule has 15 heteroatoms. The van der Waals surface area contributed by atoms with Gasteiger partial charge in [0.1, 0.15) is 24.6 Å². The summed E-state index contributed by atoms with van der Waals surface area (Å²) < 4.78 is 35.2. The highest BCUT2D eigenvalue weighted by molar-refractivity contribution is 7.98. The Morgan fingerprint density at radius 1 is 1.24 bits per heavy atom. The lowest BCUT2D eigenvalue weighted by molar-refractivity contribution is -0.0613. The molecule has 0 aromatic carbocycles. The van der Waals surface area contributed by atoms with Crippen molar-refractivity contribution < 1.29 is 43.0 Å². The second-order valence-corrected chi connectivity index (χ2v) is 11.5. The lowest BCUT2D eigenvalue weighted by Crippen LogP contribution is -2.34. The van der Waals surface area contributed by atoms with Crippen molar-refractivity contribution in [1.82, 2.24) is 14.8 Å². The Hall–Kier alpha value is -1.09. The summed E-state index contributed by atoms with van der Waals surface area (Å²) in [6.07, 6.45) is 5.39. The molecular weight excluding hydrogens is 527 g/mol. The number of aromatic nitrogens is 3. The zero-order valence-electron chi connectivity index (χ0n) is 21.7. The quantitative estimate of drug-likeness (QED) is 0.141. The first-order chi connectivity index (χ1) is 17.6. The molecule has 214 valence electrons. The van der Waals surface area contributed by atoms with Crippen LogP contribution in [-0.2, 0) is 23.1 Å². The van der Waals surface area contributed by atoms with Crippen molar-refractivity contribution in [3.8, 4) is 0 Å². The standard InChI is InChI=1S/C22H41N4O9PS/c1-4-5-6-7-8-9-10-15(2)34-16(13-37-3)11-32-36(30,31)33-12-17-18(27)19(28)22(35-17)26-14-24-21(25-26)20(23)29/h14-19,22,27-28H,4-13H2,1-3H3,(H2,23,29)(H,30,31)/t15?,16-,17?,18?,19?,22?/m0/s1. The first-order valence-electron chi connectivity index (χ1n) is 12.6. The summed E-state index contributed by atoms with van der Waals surface area (Å²) in [6, 6.07) is 0. The van der Waals surface area contributed by atoms with Crippen molar-refractivity contribution in [2.24, 2.45) is 5.73 Å². The minimum atomic E-state index is -4.51. The number of aliphatic hydroxyl groups is 2. The fourth-order valence-electron chi connectivity index (χ4n) is 3.90. The molecule has 0 aliphatic carbocycles. The van der Waals surface area contributed by atoms with Crippen molar-refractivity contribution in [3.63, 3.8) is 0 Å². The Bertz CT molecular complexity index is 864. The molecule has 0 radical (unpaired) electrons. The molecule has 7 atom stereocenters. The van der Waals surface area contributed by atoms with Gasteiger partial charge in [0.25, 0.3) is 5.91 Å². The highest BCUT2D eigenvalue weighted by Crippen LogP contribution is 2.44. The molecular formula is C22H41N4O9PS. The average molecular weight is 569 g/mol. The van der Waals surface area contributed by atoms with Gasteiger partial charge in [-0.1, -0.05) is 45.4 Å². The number of nitrogens with zero attached hydrogens (tertiary/aromatic N) is 3. The number of primary amides is 1. The van der Waals surface area contributed by atoms with Crippen LogP contribution in [0.2, 0.25) is 0 Å². The summed E-state index contributed by atoms with van der Waals surface area (Å²) in [4.78, 5) is 25.0. The number of thioether (sulfide) groups is 1. The Morgan fingerprint density at radius 2 is 1.95 bits per heavy atom. The molecule has 1 aromatic heterocycles. The summed E-state index contributed by atoms with van der Waals surface area (Å²) in [5.74, 6) is -0.586. The van der Waals surface area contributed by atoms with Gasteiger partial charge in [-0.15, -0.1) is 5.10 Å². The van der Waals surface area contributed by atoms with Crippen LogP contribution < -0.4 is 5.73 Å². The number of nitrogens with two attached hydrogens (primary N) is 1. The van der Waals surface area contributed by atoms with E-state index in [-0.39, 0.29) is 18.5 Å². The second kappa shape index (κ2) is 16.1. The predicted octanol–water partition coefficient (Wildman–Crippen LogP) is 2.02. The second-order valence-electron chi connectivity index (χ2n) is 9.10. The van der Waals surface area contributed by atoms with Gasteiger partial charge >= 0.3 is 7.82 Å². The molecule has 13 nitrogen and oxygen atoms in total. The SMILES string of the molecule is CCCCCCCCC(C)O[C@@H](COP(=O)(O)OCC1OC(n2cnc(C(N)=O)n2)C(O)C1O)CSC. The number of aliphatic hydroxyl groups excluding tert-OH is 2. The molecule has 37 heavy (non-hydrogen) atoms. The van der Waals surface area contributed by atoms with Crippen molar-refractivity contribution >= 4 is 25.5 Å². The van der Waals surface area contributed by atoms with Gasteiger partial charge in [-0.2, -0.15) is 11.8 Å². The van der Waals surface area contributed by atoms with Gasteiger partial charge in [0, 0.05) is 5.75 Å². The van der Waals surface area contributed by atoms with Gasteiger partial charge in [-0.3, -0.25) is 13.8 Å². The summed E-state index contributed by atoms with van der Waals surface area (Å²) >= 11 is 1.54. The Labute approximate surface area is 222 Å². The van der Waals surface area contributed by atoms with Crippen LogP contribution in [0.3, 0.4) is 0 Å². The zero-order chi connectivity index (χ0) is 27.4. The Morgan fingerprint density at radius 3 is 2.59 bits per heavy atom. The number of carbonyl (C=O) groups excluding carboxylic acids is 1. The molecule has 1 amide bonds. The van der Waals surface area contributed by atoms with E-state index in [1.54, 1.807) is 0 Å². The van der Waals surface area contributed by atoms with Crippen molar-refractivity contribution in [3.05, 3.63) is 12.2 Å². The third-order valence-electron chi connectivity index (χ3n) is 5.89. The first kappa shape index (κ1) is 32.1. The number of hydrogen-bond acceptors (Lipinski definition) is 11. The molecule has 1 aliphatic rings. The van der Waals surface area contributed by atoms with Gasteiger partial charge in [0.2, 0.25) is 5.82 Å². The van der Waals surface area contributed by atoms with Gasteiger partial charge < -0.3 is 30.3 Å². The van der Waals surface area contributed by atoms with Crippen LogP contribution in [0.25, 0.3) is 0 Å². The molecule has 0 bridgehead atoms. The number of rotatable bonds is 19. The smallest absolute Gasteiger partial charge is 0.387 e. The maximum absolute atomic E-state index is 12.5. The maximum atomic E-state index is 12.5. The first-order valence-corrected chi connectivity index (χ1v) is 15.5. The van der Waals surface area contributed by atoms with Crippen LogP contribution in [0.15, 0.2) is 6.33 Å². The predicted molar refractivity (Wildman–Crippen MR) is 137 cm³/mol. The number of amides is 1. The lowest BCUT2D eigenvalue weighted by atomic mass is 10.1. The zero-order valence-corrected chi connectivity index (χ0v) is 23.4. The molecule has 6 unspecified atom stereocenters. The van der Waals surface area contributed by atoms with E-state index in [9.17, 15) is 24.5 Å². The van der Waals surface area contributed by atoms with Crippen LogP contribution in [0.5, 0.6) is 0 Å². The summed E-state index contributed by atoms with van der Waals surface area (Å²) in [6.45, 7) is 3.48. The van der Waals surface area contributed by atoms with E-state index in [0.29, 0.717) is 5.75 Å². The minimum absolute atomic E-state index is 0.0155. The molecule has 1 saturated heterocycles. The Kier molecular flexibility index (Phi) is 14.0. The molecule has 1 aliphatic heterocycles. The van der Waals surface area contributed by atoms with Gasteiger partial charge in [0.05, 0.1) is 25.4 Å². The van der Waals surface area contributed by atoms with Crippen molar-refractivity contribution in [1.29, 1.82) is 0 Å². The summed E-state index contributed by atoms with van der Waals surface area (Å²) in [5, 5.41) is 24.3. The third kappa shape index (κ3) is 10.9. The van der Waals surface area contributed by atoms with Gasteiger partial charge in [0.15, 0.2) is 6.23 Å². The normalized spacial score (nSPS) is 25.1. The van der Waals surface area contributed by atoms with E-state index in [1.807, 2.05) is 13.2 Å². The van der Waals surface area contributed by atoms with Gasteiger partial charge in [-0.05, 0) is 19.6 Å². The van der Waals surface area contributed by atoms with Crippen molar-refractivity contribution in [2.75, 3.05) is 25.2 Å². The average Bonchev–Trinajstić information content (AvgIpc) is 3.44. The fourth-order valence-corrected chi connectivity index (χ4v) is 5.21. The molecule has 1 fully saturated rings. The van der Waals surface area contributed by atoms with Crippen LogP contribution in [0.1, 0.15) is 75.6 Å². The van der Waals surface area contributed by atoms with Crippen LogP contribution >= 0.6 is 19.6 Å². The number of unbranched alkanes of at least 4 members (excludes halogenated alkanes) is 5.